The van der Waals surface area contributed by atoms with Crippen molar-refractivity contribution in [3.05, 3.63) is 22.3 Å². The van der Waals surface area contributed by atoms with E-state index >= 15 is 0 Å². The van der Waals surface area contributed by atoms with E-state index in [0.717, 1.165) is 22.0 Å². The molecular weight excluding hydrogens is 265 g/mol. The maximum Gasteiger partial charge on any atom is 0.241 e. The van der Waals surface area contributed by atoms with Crippen molar-refractivity contribution in [2.75, 3.05) is 20.4 Å². The third-order valence-corrected chi connectivity index (χ3v) is 6.77. The number of hydrogen-bond acceptors (Lipinski definition) is 2. The van der Waals surface area contributed by atoms with Gasteiger partial charge in [0.05, 0.1) is 4.90 Å². The molecule has 3 nitrogen and oxygen atoms in total. The number of rotatable bonds is 3. The minimum absolute atomic E-state index is 0.471. The minimum Gasteiger partial charge on any atom is -0.214 e. The van der Waals surface area contributed by atoms with Gasteiger partial charge < -0.3 is 0 Å². The van der Waals surface area contributed by atoms with Crippen LogP contribution in [0.25, 0.3) is 0 Å². The summed E-state index contributed by atoms with van der Waals surface area (Å²) in [4.78, 5) is 0.488. The zero-order valence-electron chi connectivity index (χ0n) is 12.2. The van der Waals surface area contributed by atoms with Crippen LogP contribution in [0.3, 0.4) is 0 Å². The molecule has 0 unspecified atom stereocenters. The summed E-state index contributed by atoms with van der Waals surface area (Å²) in [5.74, 6) is 0. The molecule has 1 rings (SSSR count). The van der Waals surface area contributed by atoms with Crippen LogP contribution in [0, 0.1) is 27.7 Å². The van der Waals surface area contributed by atoms with E-state index in [2.05, 4.69) is 25.0 Å². The fraction of sp³-hybridized carbons (Fsp3) is 0.538. The van der Waals surface area contributed by atoms with E-state index in [1.165, 1.54) is 12.6 Å². The summed E-state index contributed by atoms with van der Waals surface area (Å²) >= 11 is 0. The predicted octanol–water partition coefficient (Wildman–Crippen LogP) is 2.20. The monoisotopic (exact) mass is 287 g/mol. The van der Waals surface area contributed by atoms with E-state index < -0.39 is 17.9 Å². The van der Waals surface area contributed by atoms with Gasteiger partial charge >= 0.3 is 0 Å². The zero-order chi connectivity index (χ0) is 14.2. The van der Waals surface area contributed by atoms with Gasteiger partial charge in [0.25, 0.3) is 0 Å². The standard InChI is InChI=1S/C13H22NO2PS/c1-8-9(2)11(4)13(18(15,16)14-5)12(10(8)3)17(6)7/h14H,1-7H3. The first-order valence-electron chi connectivity index (χ1n) is 5.86. The van der Waals surface area contributed by atoms with Crippen LogP contribution in [0.5, 0.6) is 0 Å². The number of sulfonamides is 1. The van der Waals surface area contributed by atoms with Gasteiger partial charge in [0.15, 0.2) is 0 Å². The third-order valence-electron chi connectivity index (χ3n) is 3.58. The zero-order valence-corrected chi connectivity index (χ0v) is 13.9. The molecule has 0 aliphatic rings. The van der Waals surface area contributed by atoms with E-state index in [1.54, 1.807) is 0 Å². The van der Waals surface area contributed by atoms with Crippen molar-refractivity contribution in [2.24, 2.45) is 0 Å². The van der Waals surface area contributed by atoms with Crippen molar-refractivity contribution in [1.29, 1.82) is 0 Å². The minimum atomic E-state index is -3.40. The fourth-order valence-electron chi connectivity index (χ4n) is 2.23. The van der Waals surface area contributed by atoms with Gasteiger partial charge in [0, 0.05) is 0 Å². The molecule has 5 heteroatoms. The lowest BCUT2D eigenvalue weighted by Gasteiger charge is -2.22. The molecule has 0 aliphatic heterocycles. The number of nitrogens with one attached hydrogen (secondary N) is 1. The van der Waals surface area contributed by atoms with Gasteiger partial charge in [-0.25, -0.2) is 13.1 Å². The molecule has 0 spiro atoms. The first-order chi connectivity index (χ1) is 8.15. The topological polar surface area (TPSA) is 46.2 Å². The summed E-state index contributed by atoms with van der Waals surface area (Å²) in [5, 5.41) is 1.000. The van der Waals surface area contributed by atoms with E-state index in [-0.39, 0.29) is 0 Å². The second-order valence-electron chi connectivity index (χ2n) is 4.78. The van der Waals surface area contributed by atoms with Crippen LogP contribution in [-0.4, -0.2) is 28.8 Å². The van der Waals surface area contributed by atoms with Crippen LogP contribution in [-0.2, 0) is 10.0 Å². The lowest BCUT2D eigenvalue weighted by molar-refractivity contribution is 0.588. The van der Waals surface area contributed by atoms with Crippen LogP contribution in [0.1, 0.15) is 22.3 Å². The Morgan fingerprint density at radius 3 is 1.72 bits per heavy atom. The second-order valence-corrected chi connectivity index (χ2v) is 8.84. The van der Waals surface area contributed by atoms with Crippen LogP contribution in [0.4, 0.5) is 0 Å². The average Bonchev–Trinajstić information content (AvgIpc) is 2.29. The molecule has 0 bridgehead atoms. The molecule has 1 aromatic carbocycles. The molecule has 18 heavy (non-hydrogen) atoms. The van der Waals surface area contributed by atoms with Crippen molar-refractivity contribution in [3.8, 4) is 0 Å². The Morgan fingerprint density at radius 1 is 0.889 bits per heavy atom. The van der Waals surface area contributed by atoms with Crippen LogP contribution < -0.4 is 10.0 Å². The largest absolute Gasteiger partial charge is 0.241 e. The van der Waals surface area contributed by atoms with Gasteiger partial charge in [0.2, 0.25) is 10.0 Å². The normalized spacial score (nSPS) is 12.2. The molecule has 0 aliphatic carbocycles. The summed E-state index contributed by atoms with van der Waals surface area (Å²) in [5.41, 5.74) is 4.26. The molecule has 0 radical (unpaired) electrons. The molecule has 0 amide bonds. The van der Waals surface area contributed by atoms with Crippen molar-refractivity contribution in [1.82, 2.24) is 4.72 Å². The van der Waals surface area contributed by atoms with E-state index in [0.29, 0.717) is 4.90 Å². The van der Waals surface area contributed by atoms with Gasteiger partial charge in [-0.15, -0.1) is 0 Å². The van der Waals surface area contributed by atoms with Crippen molar-refractivity contribution in [2.45, 2.75) is 32.6 Å². The van der Waals surface area contributed by atoms with Crippen molar-refractivity contribution in [3.63, 3.8) is 0 Å². The van der Waals surface area contributed by atoms with E-state index in [1.807, 2.05) is 20.8 Å². The maximum absolute atomic E-state index is 12.3. The highest BCUT2D eigenvalue weighted by Crippen LogP contribution is 2.34. The summed E-state index contributed by atoms with van der Waals surface area (Å²) in [6, 6.07) is 0. The Hall–Kier alpha value is -0.440. The molecule has 0 saturated carbocycles. The Balaban J connectivity index is 3.91. The van der Waals surface area contributed by atoms with Gasteiger partial charge in [-0.1, -0.05) is 7.92 Å². The van der Waals surface area contributed by atoms with Crippen molar-refractivity contribution >= 4 is 23.2 Å². The lowest BCUT2D eigenvalue weighted by atomic mass is 9.99. The molecular formula is C13H22NO2PS. The highest BCUT2D eigenvalue weighted by molar-refractivity contribution is 7.90. The highest BCUT2D eigenvalue weighted by atomic mass is 32.2. The molecule has 0 atom stereocenters. The van der Waals surface area contributed by atoms with Crippen LogP contribution in [0.2, 0.25) is 0 Å². The Morgan fingerprint density at radius 2 is 1.33 bits per heavy atom. The average molecular weight is 287 g/mol. The van der Waals surface area contributed by atoms with Gasteiger partial charge in [-0.2, -0.15) is 0 Å². The maximum atomic E-state index is 12.3. The number of hydrogen-bond donors (Lipinski definition) is 1. The van der Waals surface area contributed by atoms with Gasteiger partial charge in [-0.05, 0) is 75.6 Å². The van der Waals surface area contributed by atoms with Gasteiger partial charge in [0.1, 0.15) is 0 Å². The van der Waals surface area contributed by atoms with E-state index in [4.69, 9.17) is 0 Å². The van der Waals surface area contributed by atoms with Crippen molar-refractivity contribution < 1.29 is 8.42 Å². The first kappa shape index (κ1) is 15.6. The van der Waals surface area contributed by atoms with Crippen LogP contribution in [0.15, 0.2) is 4.90 Å². The third kappa shape index (κ3) is 2.47. The molecule has 1 N–H and O–H groups in total. The lowest BCUT2D eigenvalue weighted by Crippen LogP contribution is -2.28. The van der Waals surface area contributed by atoms with Gasteiger partial charge in [-0.3, -0.25) is 0 Å². The first-order valence-corrected chi connectivity index (χ1v) is 9.58. The highest BCUT2D eigenvalue weighted by Gasteiger charge is 2.25. The smallest absolute Gasteiger partial charge is 0.214 e. The Labute approximate surface area is 112 Å². The molecule has 0 aromatic heterocycles. The van der Waals surface area contributed by atoms with Crippen LogP contribution >= 0.6 is 7.92 Å². The number of benzene rings is 1. The fourth-order valence-corrected chi connectivity index (χ4v) is 5.72. The predicted molar refractivity (Wildman–Crippen MR) is 80.0 cm³/mol. The molecule has 102 valence electrons. The second kappa shape index (κ2) is 5.28. The summed E-state index contributed by atoms with van der Waals surface area (Å²) < 4.78 is 27.0. The molecule has 0 fully saturated rings. The molecule has 0 saturated heterocycles. The summed E-state index contributed by atoms with van der Waals surface area (Å²) in [6.07, 6.45) is 0. The molecule has 1 aromatic rings. The summed E-state index contributed by atoms with van der Waals surface area (Å²) in [7, 11) is -2.40. The molecule has 0 heterocycles. The Kier molecular flexibility index (Phi) is 4.58. The van der Waals surface area contributed by atoms with E-state index in [9.17, 15) is 8.42 Å². The summed E-state index contributed by atoms with van der Waals surface area (Å²) in [6.45, 7) is 12.2. The quantitative estimate of drug-likeness (QED) is 0.866. The Bertz CT molecular complexity index is 577. The SMILES string of the molecule is CNS(=O)(=O)c1c(C)c(C)c(C)c(C)c1P(C)C.